The van der Waals surface area contributed by atoms with E-state index in [-0.39, 0.29) is 17.9 Å². The number of hydrogen-bond acceptors (Lipinski definition) is 7. The number of aromatic nitrogens is 2. The molecule has 0 aliphatic heterocycles. The minimum absolute atomic E-state index is 0.181. The summed E-state index contributed by atoms with van der Waals surface area (Å²) in [5.74, 6) is -0.763. The van der Waals surface area contributed by atoms with Crippen LogP contribution in [0, 0.1) is 13.8 Å². The lowest BCUT2D eigenvalue weighted by Crippen LogP contribution is -2.13. The van der Waals surface area contributed by atoms with Crippen LogP contribution in [-0.4, -0.2) is 42.0 Å². The second-order valence-corrected chi connectivity index (χ2v) is 6.73. The van der Waals surface area contributed by atoms with E-state index in [1.54, 1.807) is 26.0 Å². The third-order valence-electron chi connectivity index (χ3n) is 4.43. The number of rotatable bonds is 10. The van der Waals surface area contributed by atoms with Gasteiger partial charge in [-0.25, -0.2) is 9.59 Å². The van der Waals surface area contributed by atoms with Crippen LogP contribution < -0.4 is 5.32 Å². The molecule has 0 aliphatic carbocycles. The number of hydrogen-bond donors (Lipinski definition) is 1. The van der Waals surface area contributed by atoms with Gasteiger partial charge >= 0.3 is 11.9 Å². The number of ether oxygens (including phenoxy) is 3. The zero-order valence-corrected chi connectivity index (χ0v) is 18.7. The topological polar surface area (TPSA) is 91.7 Å². The van der Waals surface area contributed by atoms with Crippen molar-refractivity contribution in [1.82, 2.24) is 9.78 Å². The molecule has 0 unspecified atom stereocenters. The number of nitrogens with one attached hydrogen (secondary N) is 1. The molecule has 1 aromatic heterocycles. The molecule has 8 heteroatoms. The second kappa shape index (κ2) is 11.0. The Morgan fingerprint density at radius 1 is 1.16 bits per heavy atom. The van der Waals surface area contributed by atoms with E-state index in [0.717, 1.165) is 17.0 Å². The third kappa shape index (κ3) is 6.21. The van der Waals surface area contributed by atoms with Crippen molar-refractivity contribution in [3.63, 3.8) is 0 Å². The lowest BCUT2D eigenvalue weighted by Gasteiger charge is -2.14. The van der Waals surface area contributed by atoms with Crippen LogP contribution in [-0.2, 0) is 25.5 Å². The van der Waals surface area contributed by atoms with Crippen molar-refractivity contribution in [1.29, 1.82) is 0 Å². The number of nitrogens with zero attached hydrogens (tertiary/aromatic N) is 2. The van der Waals surface area contributed by atoms with Gasteiger partial charge in [-0.1, -0.05) is 6.58 Å². The van der Waals surface area contributed by atoms with E-state index < -0.39 is 11.9 Å². The lowest BCUT2D eigenvalue weighted by molar-refractivity contribution is -0.138. The maximum atomic E-state index is 12.3. The highest BCUT2D eigenvalue weighted by atomic mass is 16.5. The van der Waals surface area contributed by atoms with Crippen molar-refractivity contribution >= 4 is 17.6 Å². The SMILES string of the molecule is C=C(OCC)/C(=C/Nc1ccc(C(=O)OC)c(Cn2nc(C)cc2C)c1)C(=O)OCC. The Morgan fingerprint density at radius 3 is 2.45 bits per heavy atom. The summed E-state index contributed by atoms with van der Waals surface area (Å²) < 4.78 is 17.2. The van der Waals surface area contributed by atoms with Crippen LogP contribution in [0.15, 0.2) is 48.4 Å². The maximum Gasteiger partial charge on any atom is 0.343 e. The summed E-state index contributed by atoms with van der Waals surface area (Å²) in [7, 11) is 1.34. The Kier molecular flexibility index (Phi) is 8.43. The Bertz CT molecular complexity index is 971. The molecule has 0 bridgehead atoms. The van der Waals surface area contributed by atoms with E-state index in [0.29, 0.717) is 24.4 Å². The molecule has 166 valence electrons. The number of esters is 2. The molecule has 0 amide bonds. The molecule has 1 N–H and O–H groups in total. The van der Waals surface area contributed by atoms with Crippen molar-refractivity contribution in [2.24, 2.45) is 0 Å². The van der Waals surface area contributed by atoms with Crippen molar-refractivity contribution < 1.29 is 23.8 Å². The Balaban J connectivity index is 2.38. The van der Waals surface area contributed by atoms with Crippen LogP contribution in [0.3, 0.4) is 0 Å². The van der Waals surface area contributed by atoms with E-state index in [9.17, 15) is 9.59 Å². The maximum absolute atomic E-state index is 12.3. The molecule has 0 radical (unpaired) electrons. The van der Waals surface area contributed by atoms with Gasteiger partial charge in [0.05, 0.1) is 38.1 Å². The summed E-state index contributed by atoms with van der Waals surface area (Å²) >= 11 is 0. The van der Waals surface area contributed by atoms with Gasteiger partial charge in [-0.05, 0) is 57.5 Å². The highest BCUT2D eigenvalue weighted by Gasteiger charge is 2.17. The van der Waals surface area contributed by atoms with Crippen LogP contribution in [0.1, 0.15) is 41.2 Å². The number of carbonyl (C=O) groups excluding carboxylic acids is 2. The van der Waals surface area contributed by atoms with E-state index in [1.165, 1.54) is 13.3 Å². The van der Waals surface area contributed by atoms with Crippen molar-refractivity contribution in [2.75, 3.05) is 25.6 Å². The first-order valence-electron chi connectivity index (χ1n) is 9.98. The van der Waals surface area contributed by atoms with Crippen molar-refractivity contribution in [2.45, 2.75) is 34.2 Å². The van der Waals surface area contributed by atoms with Gasteiger partial charge in [-0.3, -0.25) is 4.68 Å². The third-order valence-corrected chi connectivity index (χ3v) is 4.43. The molecule has 0 aliphatic rings. The van der Waals surface area contributed by atoms with Gasteiger partial charge < -0.3 is 19.5 Å². The molecule has 0 spiro atoms. The highest BCUT2D eigenvalue weighted by molar-refractivity contribution is 5.93. The van der Waals surface area contributed by atoms with E-state index >= 15 is 0 Å². The fourth-order valence-electron chi connectivity index (χ4n) is 2.99. The predicted octanol–water partition coefficient (Wildman–Crippen LogP) is 3.74. The first-order valence-corrected chi connectivity index (χ1v) is 9.98. The highest BCUT2D eigenvalue weighted by Crippen LogP contribution is 2.20. The monoisotopic (exact) mass is 427 g/mol. The summed E-state index contributed by atoms with van der Waals surface area (Å²) in [6.45, 7) is 12.2. The molecular weight excluding hydrogens is 398 g/mol. The zero-order valence-electron chi connectivity index (χ0n) is 18.7. The molecule has 0 saturated heterocycles. The molecule has 0 fully saturated rings. The Hall–Kier alpha value is -3.55. The van der Waals surface area contributed by atoms with Crippen LogP contribution in [0.2, 0.25) is 0 Å². The molecule has 31 heavy (non-hydrogen) atoms. The molecule has 2 rings (SSSR count). The first kappa shape index (κ1) is 23.7. The fourth-order valence-corrected chi connectivity index (χ4v) is 2.99. The van der Waals surface area contributed by atoms with Crippen molar-refractivity contribution in [3.8, 4) is 0 Å². The molecule has 2 aromatic rings. The number of carbonyl (C=O) groups is 2. The molecule has 8 nitrogen and oxygen atoms in total. The average molecular weight is 428 g/mol. The number of aryl methyl sites for hydroxylation is 2. The predicted molar refractivity (Wildman–Crippen MR) is 118 cm³/mol. The summed E-state index contributed by atoms with van der Waals surface area (Å²) in [5, 5.41) is 7.53. The van der Waals surface area contributed by atoms with Gasteiger partial charge in [0, 0.05) is 17.6 Å². The molecule has 0 saturated carbocycles. The largest absolute Gasteiger partial charge is 0.494 e. The lowest BCUT2D eigenvalue weighted by atomic mass is 10.1. The first-order chi connectivity index (χ1) is 14.8. The second-order valence-electron chi connectivity index (χ2n) is 6.73. The fraction of sp³-hybridized carbons (Fsp3) is 0.348. The quantitative estimate of drug-likeness (QED) is 0.267. The van der Waals surface area contributed by atoms with Gasteiger partial charge in [0.2, 0.25) is 0 Å². The normalized spacial score (nSPS) is 11.1. The van der Waals surface area contributed by atoms with Crippen molar-refractivity contribution in [3.05, 3.63) is 70.9 Å². The average Bonchev–Trinajstić information content (AvgIpc) is 3.04. The van der Waals surface area contributed by atoms with Gasteiger partial charge in [0.1, 0.15) is 11.3 Å². The van der Waals surface area contributed by atoms with Crippen LogP contribution >= 0.6 is 0 Å². The van der Waals surface area contributed by atoms with Gasteiger partial charge in [-0.15, -0.1) is 0 Å². The Labute approximate surface area is 182 Å². The molecule has 1 aromatic carbocycles. The van der Waals surface area contributed by atoms with Crippen LogP contribution in [0.25, 0.3) is 0 Å². The number of anilines is 1. The van der Waals surface area contributed by atoms with Gasteiger partial charge in [0.15, 0.2) is 0 Å². The van der Waals surface area contributed by atoms with E-state index in [2.05, 4.69) is 17.0 Å². The van der Waals surface area contributed by atoms with Crippen LogP contribution in [0.4, 0.5) is 5.69 Å². The van der Waals surface area contributed by atoms with Gasteiger partial charge in [0.25, 0.3) is 0 Å². The van der Waals surface area contributed by atoms with E-state index in [4.69, 9.17) is 14.2 Å². The summed E-state index contributed by atoms with van der Waals surface area (Å²) in [6.07, 6.45) is 1.48. The molecule has 0 atom stereocenters. The number of methoxy groups -OCH3 is 1. The molecular formula is C23H29N3O5. The minimum Gasteiger partial charge on any atom is -0.494 e. The summed E-state index contributed by atoms with van der Waals surface area (Å²) in [5.41, 5.74) is 3.87. The van der Waals surface area contributed by atoms with E-state index in [1.807, 2.05) is 30.7 Å². The van der Waals surface area contributed by atoms with Crippen LogP contribution in [0.5, 0.6) is 0 Å². The molecule has 1 heterocycles. The Morgan fingerprint density at radius 2 is 1.87 bits per heavy atom. The summed E-state index contributed by atoms with van der Waals surface area (Å²) in [4.78, 5) is 24.5. The zero-order chi connectivity index (χ0) is 23.0. The minimum atomic E-state index is -0.539. The number of benzene rings is 1. The summed E-state index contributed by atoms with van der Waals surface area (Å²) in [6, 6.07) is 7.17. The standard InChI is InChI=1S/C23H29N3O5/c1-7-30-17(5)21(23(28)31-8-2)13-24-19-9-10-20(22(27)29-6)18(12-19)14-26-16(4)11-15(3)25-26/h9-13,24H,5,7-8,14H2,1-4,6H3/b21-13-. The smallest absolute Gasteiger partial charge is 0.343 e. The van der Waals surface area contributed by atoms with Gasteiger partial charge in [-0.2, -0.15) is 5.10 Å².